The average molecular weight is 243 g/mol. The van der Waals surface area contributed by atoms with Crippen molar-refractivity contribution in [2.75, 3.05) is 6.54 Å². The molecular formula is C14H29NO2. The number of hydroxylamine groups is 1. The molecule has 0 aromatic rings. The van der Waals surface area contributed by atoms with E-state index in [1.807, 2.05) is 0 Å². The van der Waals surface area contributed by atoms with Gasteiger partial charge in [0.15, 0.2) is 0 Å². The van der Waals surface area contributed by atoms with E-state index in [2.05, 4.69) is 19.3 Å². The minimum Gasteiger partial charge on any atom is -0.371 e. The minimum absolute atomic E-state index is 0.114. The van der Waals surface area contributed by atoms with Gasteiger partial charge < -0.3 is 4.84 Å². The van der Waals surface area contributed by atoms with Crippen LogP contribution in [0.5, 0.6) is 0 Å². The molecular weight excluding hydrogens is 214 g/mol. The lowest BCUT2D eigenvalue weighted by Crippen LogP contribution is -2.20. The molecule has 0 rings (SSSR count). The van der Waals surface area contributed by atoms with Crippen molar-refractivity contribution < 1.29 is 9.63 Å². The summed E-state index contributed by atoms with van der Waals surface area (Å²) in [5.74, 6) is -0.114. The van der Waals surface area contributed by atoms with Crippen LogP contribution in [0.1, 0.15) is 78.1 Å². The van der Waals surface area contributed by atoms with Gasteiger partial charge >= 0.3 is 5.97 Å². The van der Waals surface area contributed by atoms with Crippen LogP contribution in [0.25, 0.3) is 0 Å². The number of carbonyl (C=O) groups excluding carboxylic acids is 1. The molecule has 0 amide bonds. The van der Waals surface area contributed by atoms with E-state index in [1.54, 1.807) is 0 Å². The third-order valence-corrected chi connectivity index (χ3v) is 2.80. The van der Waals surface area contributed by atoms with Crippen LogP contribution in [-0.2, 0) is 9.63 Å². The third kappa shape index (κ3) is 13.4. The Morgan fingerprint density at radius 3 is 2.18 bits per heavy atom. The van der Waals surface area contributed by atoms with E-state index in [9.17, 15) is 4.79 Å². The van der Waals surface area contributed by atoms with Gasteiger partial charge in [0.25, 0.3) is 0 Å². The summed E-state index contributed by atoms with van der Waals surface area (Å²) in [6, 6.07) is 0. The molecule has 0 bridgehead atoms. The van der Waals surface area contributed by atoms with Crippen LogP contribution in [0, 0.1) is 0 Å². The highest BCUT2D eigenvalue weighted by atomic mass is 16.7. The Bertz CT molecular complexity index is 172. The fourth-order valence-corrected chi connectivity index (χ4v) is 1.68. The van der Waals surface area contributed by atoms with Gasteiger partial charge in [-0.05, 0) is 12.8 Å². The molecule has 0 unspecified atom stereocenters. The van der Waals surface area contributed by atoms with Crippen molar-refractivity contribution in [1.82, 2.24) is 5.48 Å². The van der Waals surface area contributed by atoms with Crippen molar-refractivity contribution in [1.29, 1.82) is 0 Å². The van der Waals surface area contributed by atoms with E-state index in [0.717, 1.165) is 25.8 Å². The summed E-state index contributed by atoms with van der Waals surface area (Å²) in [7, 11) is 0. The first-order valence-corrected chi connectivity index (χ1v) is 7.23. The monoisotopic (exact) mass is 243 g/mol. The summed E-state index contributed by atoms with van der Waals surface area (Å²) >= 11 is 0. The fourth-order valence-electron chi connectivity index (χ4n) is 1.68. The molecule has 0 spiro atoms. The predicted octanol–water partition coefficient (Wildman–Crippen LogP) is 3.98. The van der Waals surface area contributed by atoms with Crippen LogP contribution in [-0.4, -0.2) is 12.5 Å². The number of carbonyl (C=O) groups is 1. The summed E-state index contributed by atoms with van der Waals surface area (Å²) in [6.45, 7) is 5.14. The quantitative estimate of drug-likeness (QED) is 0.416. The van der Waals surface area contributed by atoms with E-state index < -0.39 is 0 Å². The standard InChI is InChI=1S/C14H29NO2/c1-3-5-7-8-9-10-12-14(16)17-15-13-11-6-4-2/h15H,3-13H2,1-2H3. The Hall–Kier alpha value is -0.570. The third-order valence-electron chi connectivity index (χ3n) is 2.80. The van der Waals surface area contributed by atoms with Gasteiger partial charge in [0.1, 0.15) is 0 Å². The number of hydrogen-bond donors (Lipinski definition) is 1. The molecule has 0 radical (unpaired) electrons. The van der Waals surface area contributed by atoms with Crippen LogP contribution in [0.3, 0.4) is 0 Å². The largest absolute Gasteiger partial charge is 0.371 e. The zero-order valence-electron chi connectivity index (χ0n) is 11.6. The van der Waals surface area contributed by atoms with Crippen molar-refractivity contribution in [2.45, 2.75) is 78.1 Å². The van der Waals surface area contributed by atoms with Crippen molar-refractivity contribution >= 4 is 5.97 Å². The molecule has 0 aromatic heterocycles. The maximum atomic E-state index is 11.3. The maximum Gasteiger partial charge on any atom is 0.324 e. The van der Waals surface area contributed by atoms with E-state index in [4.69, 9.17) is 4.84 Å². The summed E-state index contributed by atoms with van der Waals surface area (Å²) < 4.78 is 0. The Kier molecular flexibility index (Phi) is 13.0. The number of nitrogens with one attached hydrogen (secondary N) is 1. The second kappa shape index (κ2) is 13.5. The Morgan fingerprint density at radius 1 is 0.882 bits per heavy atom. The topological polar surface area (TPSA) is 38.3 Å². The fraction of sp³-hybridized carbons (Fsp3) is 0.929. The molecule has 1 N–H and O–H groups in total. The van der Waals surface area contributed by atoms with Crippen molar-refractivity contribution in [3.8, 4) is 0 Å². The first-order chi connectivity index (χ1) is 8.31. The SMILES string of the molecule is CCCCCCCCC(=O)ONCCCCC. The highest BCUT2D eigenvalue weighted by molar-refractivity contribution is 5.68. The van der Waals surface area contributed by atoms with Crippen molar-refractivity contribution in [3.63, 3.8) is 0 Å². The lowest BCUT2D eigenvalue weighted by atomic mass is 10.1. The first-order valence-electron chi connectivity index (χ1n) is 7.23. The first kappa shape index (κ1) is 16.4. The number of rotatable bonds is 12. The molecule has 0 saturated heterocycles. The van der Waals surface area contributed by atoms with Gasteiger partial charge in [-0.15, -0.1) is 0 Å². The Labute approximate surface area is 106 Å². The molecule has 0 aliphatic heterocycles. The molecule has 0 heterocycles. The number of unbranched alkanes of at least 4 members (excludes halogenated alkanes) is 7. The molecule has 0 aliphatic rings. The molecule has 3 nitrogen and oxygen atoms in total. The average Bonchev–Trinajstić information content (AvgIpc) is 2.33. The zero-order valence-corrected chi connectivity index (χ0v) is 11.6. The lowest BCUT2D eigenvalue weighted by Gasteiger charge is -2.05. The summed E-state index contributed by atoms with van der Waals surface area (Å²) in [6.07, 6.45) is 11.2. The van der Waals surface area contributed by atoms with E-state index in [-0.39, 0.29) is 5.97 Å². The second-order valence-electron chi connectivity index (χ2n) is 4.59. The van der Waals surface area contributed by atoms with Crippen LogP contribution >= 0.6 is 0 Å². The molecule has 0 saturated carbocycles. The van der Waals surface area contributed by atoms with Crippen molar-refractivity contribution in [2.24, 2.45) is 0 Å². The van der Waals surface area contributed by atoms with E-state index >= 15 is 0 Å². The molecule has 0 atom stereocenters. The molecule has 17 heavy (non-hydrogen) atoms. The maximum absolute atomic E-state index is 11.3. The van der Waals surface area contributed by atoms with Crippen molar-refractivity contribution in [3.05, 3.63) is 0 Å². The molecule has 0 aliphatic carbocycles. The molecule has 0 aromatic carbocycles. The van der Waals surface area contributed by atoms with Crippen LogP contribution < -0.4 is 5.48 Å². The van der Waals surface area contributed by atoms with Gasteiger partial charge in [-0.25, -0.2) is 0 Å². The minimum atomic E-state index is -0.114. The molecule has 0 fully saturated rings. The van der Waals surface area contributed by atoms with Gasteiger partial charge in [-0.2, -0.15) is 5.48 Å². The summed E-state index contributed by atoms with van der Waals surface area (Å²) in [4.78, 5) is 16.2. The predicted molar refractivity (Wildman–Crippen MR) is 71.6 cm³/mol. The number of hydrogen-bond acceptors (Lipinski definition) is 3. The zero-order chi connectivity index (χ0) is 12.8. The highest BCUT2D eigenvalue weighted by Gasteiger charge is 2.01. The van der Waals surface area contributed by atoms with Gasteiger partial charge in [-0.3, -0.25) is 4.79 Å². The van der Waals surface area contributed by atoms with E-state index in [1.165, 1.54) is 38.5 Å². The smallest absolute Gasteiger partial charge is 0.324 e. The highest BCUT2D eigenvalue weighted by Crippen LogP contribution is 2.07. The molecule has 3 heteroatoms. The van der Waals surface area contributed by atoms with Gasteiger partial charge in [-0.1, -0.05) is 58.8 Å². The van der Waals surface area contributed by atoms with Crippen LogP contribution in [0.4, 0.5) is 0 Å². The van der Waals surface area contributed by atoms with E-state index in [0.29, 0.717) is 6.42 Å². The lowest BCUT2D eigenvalue weighted by molar-refractivity contribution is -0.151. The Morgan fingerprint density at radius 2 is 1.47 bits per heavy atom. The molecule has 102 valence electrons. The van der Waals surface area contributed by atoms with Gasteiger partial charge in [0.2, 0.25) is 0 Å². The summed E-state index contributed by atoms with van der Waals surface area (Å²) in [5.41, 5.74) is 2.73. The second-order valence-corrected chi connectivity index (χ2v) is 4.59. The normalized spacial score (nSPS) is 10.5. The van der Waals surface area contributed by atoms with Crippen LogP contribution in [0.15, 0.2) is 0 Å². The van der Waals surface area contributed by atoms with Gasteiger partial charge in [0.05, 0.1) is 0 Å². The Balaban J connectivity index is 3.12. The summed E-state index contributed by atoms with van der Waals surface area (Å²) in [5, 5.41) is 0. The van der Waals surface area contributed by atoms with Gasteiger partial charge in [0, 0.05) is 13.0 Å². The van der Waals surface area contributed by atoms with Crippen LogP contribution in [0.2, 0.25) is 0 Å².